The maximum absolute atomic E-state index is 12.5. The molecule has 0 amide bonds. The van der Waals surface area contributed by atoms with Gasteiger partial charge in [-0.15, -0.1) is 0 Å². The number of likely N-dealkylation sites (tertiary alicyclic amines) is 1. The molecule has 3 atom stereocenters. The van der Waals surface area contributed by atoms with Gasteiger partial charge in [-0.05, 0) is 72.8 Å². The molecule has 2 aromatic rings. The second-order valence-corrected chi connectivity index (χ2v) is 9.84. The molecule has 0 spiro atoms. The molecule has 1 heterocycles. The molecule has 2 aromatic carbocycles. The lowest BCUT2D eigenvalue weighted by atomic mass is 9.59. The zero-order valence-electron chi connectivity index (χ0n) is 19.0. The van der Waals surface area contributed by atoms with Crippen LogP contribution in [0.3, 0.4) is 0 Å². The molecule has 0 aromatic heterocycles. The first kappa shape index (κ1) is 24.7. The van der Waals surface area contributed by atoms with Crippen molar-refractivity contribution in [2.75, 3.05) is 13.6 Å². The first-order chi connectivity index (χ1) is 15.6. The molecule has 0 saturated carbocycles. The van der Waals surface area contributed by atoms with Crippen molar-refractivity contribution in [1.82, 2.24) is 4.90 Å². The van der Waals surface area contributed by atoms with Gasteiger partial charge in [-0.25, -0.2) is 9.59 Å². The largest absolute Gasteiger partial charge is 0.478 e. The smallest absolute Gasteiger partial charge is 0.328 e. The van der Waals surface area contributed by atoms with E-state index in [9.17, 15) is 14.4 Å². The number of carbonyl (C=O) groups is 3. The number of aliphatic carboxylic acids is 2. The van der Waals surface area contributed by atoms with Crippen LogP contribution in [0.5, 0.6) is 0 Å². The fraction of sp³-hybridized carbons (Fsp3) is 0.346. The molecular weight excluding hydrogens is 438 g/mol. The lowest BCUT2D eigenvalue weighted by Crippen LogP contribution is -2.56. The number of carboxylic acid groups (broad SMARTS) is 2. The van der Waals surface area contributed by atoms with Crippen molar-refractivity contribution in [2.24, 2.45) is 5.92 Å². The van der Waals surface area contributed by atoms with Gasteiger partial charge in [0, 0.05) is 28.7 Å². The van der Waals surface area contributed by atoms with Crippen molar-refractivity contribution < 1.29 is 24.6 Å². The third kappa shape index (κ3) is 5.72. The number of fused-ring (bicyclic) bond motifs is 4. The maximum atomic E-state index is 12.5. The van der Waals surface area contributed by atoms with Gasteiger partial charge in [-0.2, -0.15) is 0 Å². The van der Waals surface area contributed by atoms with Gasteiger partial charge in [-0.1, -0.05) is 50.2 Å². The summed E-state index contributed by atoms with van der Waals surface area (Å²) in [6, 6.07) is 16.9. The van der Waals surface area contributed by atoms with Crippen LogP contribution in [-0.4, -0.2) is 51.8 Å². The van der Waals surface area contributed by atoms with Crippen LogP contribution in [0.1, 0.15) is 41.8 Å². The van der Waals surface area contributed by atoms with Gasteiger partial charge < -0.3 is 15.1 Å². The van der Waals surface area contributed by atoms with Crippen molar-refractivity contribution in [1.29, 1.82) is 0 Å². The highest BCUT2D eigenvalue weighted by Crippen LogP contribution is 2.49. The lowest BCUT2D eigenvalue weighted by Gasteiger charge is -2.53. The minimum absolute atomic E-state index is 0.121. The summed E-state index contributed by atoms with van der Waals surface area (Å²) in [5, 5.41) is 15.7. The SMILES string of the molecule is C[C@@H]1[C@@H]2Cc3ccc(SC(=O)c4ccccc4)cc3[C@@]1(C)CCN2C.O=C(O)/C=C/C(=O)O. The average molecular weight is 468 g/mol. The summed E-state index contributed by atoms with van der Waals surface area (Å²) in [6.07, 6.45) is 3.43. The van der Waals surface area contributed by atoms with Gasteiger partial charge in [0.2, 0.25) is 5.12 Å². The number of rotatable bonds is 4. The van der Waals surface area contributed by atoms with Crippen LogP contribution in [0.2, 0.25) is 0 Å². The fourth-order valence-electron chi connectivity index (χ4n) is 4.76. The molecule has 2 N–H and O–H groups in total. The van der Waals surface area contributed by atoms with E-state index in [4.69, 9.17) is 10.2 Å². The molecule has 1 aliphatic carbocycles. The minimum Gasteiger partial charge on any atom is -0.478 e. The number of hydrogen-bond donors (Lipinski definition) is 2. The van der Waals surface area contributed by atoms with Crippen LogP contribution in [0, 0.1) is 5.92 Å². The summed E-state index contributed by atoms with van der Waals surface area (Å²) in [7, 11) is 2.26. The molecular formula is C26H29NO5S. The molecule has 1 aliphatic heterocycles. The summed E-state index contributed by atoms with van der Waals surface area (Å²) in [5.74, 6) is -1.87. The number of nitrogens with zero attached hydrogens (tertiary/aromatic N) is 1. The predicted molar refractivity (Wildman–Crippen MR) is 129 cm³/mol. The molecule has 174 valence electrons. The van der Waals surface area contributed by atoms with E-state index in [0.29, 0.717) is 24.1 Å². The summed E-state index contributed by atoms with van der Waals surface area (Å²) < 4.78 is 0. The standard InChI is InChI=1S/C22H25NOS.C4H4O4/c1-15-20-13-17-9-10-18(25-21(24)16-7-5-4-6-8-16)14-19(17)22(15,2)11-12-23(20)3;5-3(6)1-2-4(7)8/h4-10,14-15,20H,11-13H2,1-3H3;1-2H,(H,5,6)(H,7,8)/b;2-1+/t15-,20+,22+;/m1./s1. The Morgan fingerprint density at radius 3 is 2.30 bits per heavy atom. The fourth-order valence-corrected chi connectivity index (χ4v) is 5.54. The minimum atomic E-state index is -1.26. The summed E-state index contributed by atoms with van der Waals surface area (Å²) in [4.78, 5) is 35.2. The number of piperidine rings is 1. The van der Waals surface area contributed by atoms with Crippen LogP contribution in [0.4, 0.5) is 0 Å². The van der Waals surface area contributed by atoms with Crippen LogP contribution >= 0.6 is 11.8 Å². The Balaban J connectivity index is 0.000000331. The van der Waals surface area contributed by atoms with Crippen molar-refractivity contribution >= 4 is 28.8 Å². The molecule has 0 radical (unpaired) electrons. The molecule has 2 aliphatic rings. The monoisotopic (exact) mass is 467 g/mol. The Morgan fingerprint density at radius 1 is 1.06 bits per heavy atom. The highest BCUT2D eigenvalue weighted by molar-refractivity contribution is 8.14. The molecule has 1 saturated heterocycles. The van der Waals surface area contributed by atoms with Gasteiger partial charge in [-0.3, -0.25) is 4.79 Å². The first-order valence-electron chi connectivity index (χ1n) is 10.9. The highest BCUT2D eigenvalue weighted by Gasteiger charge is 2.47. The van der Waals surface area contributed by atoms with Gasteiger partial charge in [0.1, 0.15) is 0 Å². The molecule has 7 heteroatoms. The number of benzene rings is 2. The Labute approximate surface area is 198 Å². The van der Waals surface area contributed by atoms with E-state index < -0.39 is 11.9 Å². The van der Waals surface area contributed by atoms with Gasteiger partial charge >= 0.3 is 11.9 Å². The summed E-state index contributed by atoms with van der Waals surface area (Å²) in [5.41, 5.74) is 3.92. The molecule has 33 heavy (non-hydrogen) atoms. The maximum Gasteiger partial charge on any atom is 0.328 e. The molecule has 0 unspecified atom stereocenters. The first-order valence-corrected chi connectivity index (χ1v) is 11.7. The van der Waals surface area contributed by atoms with Crippen molar-refractivity contribution in [3.05, 3.63) is 77.4 Å². The van der Waals surface area contributed by atoms with Crippen molar-refractivity contribution in [2.45, 2.75) is 43.0 Å². The number of carbonyl (C=O) groups excluding carboxylic acids is 1. The zero-order chi connectivity index (χ0) is 24.2. The number of likely N-dealkylation sites (N-methyl/N-ethyl adjacent to an activating group) is 1. The van der Waals surface area contributed by atoms with E-state index >= 15 is 0 Å². The quantitative estimate of drug-likeness (QED) is 0.505. The van der Waals surface area contributed by atoms with Crippen molar-refractivity contribution in [3.8, 4) is 0 Å². The Bertz CT molecular complexity index is 1050. The normalized spacial score (nSPS) is 23.8. The van der Waals surface area contributed by atoms with E-state index in [-0.39, 0.29) is 10.5 Å². The number of hydrogen-bond acceptors (Lipinski definition) is 5. The van der Waals surface area contributed by atoms with E-state index in [1.54, 1.807) is 0 Å². The van der Waals surface area contributed by atoms with Gasteiger partial charge in [0.25, 0.3) is 0 Å². The van der Waals surface area contributed by atoms with Crippen LogP contribution < -0.4 is 0 Å². The molecule has 2 bridgehead atoms. The Morgan fingerprint density at radius 2 is 1.70 bits per heavy atom. The van der Waals surface area contributed by atoms with Gasteiger partial charge in [0.15, 0.2) is 0 Å². The predicted octanol–water partition coefficient (Wildman–Crippen LogP) is 4.48. The van der Waals surface area contributed by atoms with Crippen LogP contribution in [0.25, 0.3) is 0 Å². The van der Waals surface area contributed by atoms with Crippen molar-refractivity contribution in [3.63, 3.8) is 0 Å². The summed E-state index contributed by atoms with van der Waals surface area (Å²) in [6.45, 7) is 5.98. The average Bonchev–Trinajstić information content (AvgIpc) is 2.79. The third-order valence-corrected chi connectivity index (χ3v) is 7.76. The van der Waals surface area contributed by atoms with E-state index in [1.807, 2.05) is 30.3 Å². The van der Waals surface area contributed by atoms with Gasteiger partial charge in [0.05, 0.1) is 0 Å². The van der Waals surface area contributed by atoms with Crippen LogP contribution in [-0.2, 0) is 21.4 Å². The lowest BCUT2D eigenvalue weighted by molar-refractivity contribution is -0.134. The van der Waals surface area contributed by atoms with E-state index in [1.165, 1.54) is 29.3 Å². The molecule has 4 rings (SSSR count). The third-order valence-electron chi connectivity index (χ3n) is 6.85. The second kappa shape index (κ2) is 10.4. The molecule has 6 nitrogen and oxygen atoms in total. The van der Waals surface area contributed by atoms with Crippen LogP contribution in [0.15, 0.2) is 65.6 Å². The van der Waals surface area contributed by atoms with E-state index in [2.05, 4.69) is 44.0 Å². The number of carboxylic acids is 2. The van der Waals surface area contributed by atoms with E-state index in [0.717, 1.165) is 23.4 Å². The summed E-state index contributed by atoms with van der Waals surface area (Å²) >= 11 is 1.35. The molecule has 1 fully saturated rings. The second-order valence-electron chi connectivity index (χ2n) is 8.79. The number of thioether (sulfide) groups is 1. The highest BCUT2D eigenvalue weighted by atomic mass is 32.2. The topological polar surface area (TPSA) is 94.9 Å². The zero-order valence-corrected chi connectivity index (χ0v) is 19.8. The Hall–Kier alpha value is -2.90. The Kier molecular flexibility index (Phi) is 7.76.